The molecule has 0 aromatic heterocycles. The predicted molar refractivity (Wildman–Crippen MR) is 62.3 cm³/mol. The Morgan fingerprint density at radius 2 is 2.19 bits per heavy atom. The van der Waals surface area contributed by atoms with E-state index < -0.39 is 0 Å². The van der Waals surface area contributed by atoms with E-state index in [1.165, 1.54) is 17.5 Å². The summed E-state index contributed by atoms with van der Waals surface area (Å²) in [6.45, 7) is 1.78. The first-order valence-corrected chi connectivity index (χ1v) is 5.91. The van der Waals surface area contributed by atoms with Crippen LogP contribution in [-0.2, 0) is 11.2 Å². The van der Waals surface area contributed by atoms with Crippen molar-refractivity contribution in [1.82, 2.24) is 10.6 Å². The Morgan fingerprint density at radius 1 is 1.31 bits per heavy atom. The van der Waals surface area contributed by atoms with Crippen LogP contribution in [0.3, 0.4) is 0 Å². The molecule has 3 nitrogen and oxygen atoms in total. The summed E-state index contributed by atoms with van der Waals surface area (Å²) in [5, 5.41) is 6.32. The minimum Gasteiger partial charge on any atom is -0.354 e. The van der Waals surface area contributed by atoms with Crippen LogP contribution in [0.5, 0.6) is 0 Å². The van der Waals surface area contributed by atoms with Crippen molar-refractivity contribution in [3.63, 3.8) is 0 Å². The number of benzene rings is 1. The smallest absolute Gasteiger partial charge is 0.221 e. The van der Waals surface area contributed by atoms with Crippen molar-refractivity contribution in [2.45, 2.75) is 24.8 Å². The van der Waals surface area contributed by atoms with E-state index >= 15 is 0 Å². The summed E-state index contributed by atoms with van der Waals surface area (Å²) in [4.78, 5) is 11.0. The fraction of sp³-hybridized carbons (Fsp3) is 0.462. The molecule has 0 spiro atoms. The van der Waals surface area contributed by atoms with Gasteiger partial charge in [-0.05, 0) is 17.5 Å². The summed E-state index contributed by atoms with van der Waals surface area (Å²) < 4.78 is 0. The molecule has 2 aliphatic rings. The standard InChI is InChI=1S/C13H16N2O/c16-13-6-11(8-15-13)14-7-10-5-9-3-1-2-4-12(9)10/h1-4,10-11,14H,5-8H2,(H,15,16). The number of amides is 1. The first kappa shape index (κ1) is 9.85. The Labute approximate surface area is 95.2 Å². The quantitative estimate of drug-likeness (QED) is 0.785. The van der Waals surface area contributed by atoms with Crippen molar-refractivity contribution in [2.24, 2.45) is 0 Å². The molecule has 0 saturated carbocycles. The van der Waals surface area contributed by atoms with Gasteiger partial charge in [0.15, 0.2) is 0 Å². The normalized spacial score (nSPS) is 27.1. The van der Waals surface area contributed by atoms with Crippen molar-refractivity contribution in [3.05, 3.63) is 35.4 Å². The highest BCUT2D eigenvalue weighted by Gasteiger charge is 2.27. The van der Waals surface area contributed by atoms with Crippen LogP contribution in [0.25, 0.3) is 0 Å². The minimum atomic E-state index is 0.173. The molecule has 2 unspecified atom stereocenters. The van der Waals surface area contributed by atoms with Crippen molar-refractivity contribution in [1.29, 1.82) is 0 Å². The lowest BCUT2D eigenvalue weighted by atomic mass is 9.77. The molecule has 1 aromatic carbocycles. The summed E-state index contributed by atoms with van der Waals surface area (Å²) in [6, 6.07) is 8.95. The molecule has 3 rings (SSSR count). The highest BCUT2D eigenvalue weighted by Crippen LogP contribution is 2.34. The second-order valence-electron chi connectivity index (χ2n) is 4.71. The molecule has 2 atom stereocenters. The molecule has 1 aromatic rings. The fourth-order valence-electron chi connectivity index (χ4n) is 2.60. The molecule has 0 radical (unpaired) electrons. The van der Waals surface area contributed by atoms with Gasteiger partial charge in [-0.2, -0.15) is 0 Å². The van der Waals surface area contributed by atoms with Gasteiger partial charge in [0, 0.05) is 31.5 Å². The summed E-state index contributed by atoms with van der Waals surface area (Å²) in [6.07, 6.45) is 1.81. The molecule has 1 amide bonds. The Morgan fingerprint density at radius 3 is 2.94 bits per heavy atom. The van der Waals surface area contributed by atoms with E-state index in [4.69, 9.17) is 0 Å². The Hall–Kier alpha value is -1.35. The van der Waals surface area contributed by atoms with Gasteiger partial charge in [-0.25, -0.2) is 0 Å². The maximum absolute atomic E-state index is 11.0. The van der Waals surface area contributed by atoms with Crippen molar-refractivity contribution in [3.8, 4) is 0 Å². The maximum atomic E-state index is 11.0. The second kappa shape index (κ2) is 3.91. The van der Waals surface area contributed by atoms with Gasteiger partial charge in [0.1, 0.15) is 0 Å². The van der Waals surface area contributed by atoms with Gasteiger partial charge < -0.3 is 10.6 Å². The molecule has 16 heavy (non-hydrogen) atoms. The Kier molecular flexibility index (Phi) is 2.40. The molecular formula is C13H16N2O. The van der Waals surface area contributed by atoms with Crippen LogP contribution in [0.1, 0.15) is 23.5 Å². The Balaban J connectivity index is 1.53. The van der Waals surface area contributed by atoms with Crippen molar-refractivity contribution in [2.75, 3.05) is 13.1 Å². The number of rotatable bonds is 3. The largest absolute Gasteiger partial charge is 0.354 e. The van der Waals surface area contributed by atoms with E-state index in [0.717, 1.165) is 13.1 Å². The molecular weight excluding hydrogens is 200 g/mol. The molecule has 84 valence electrons. The molecule has 1 heterocycles. The van der Waals surface area contributed by atoms with Crippen LogP contribution in [0.15, 0.2) is 24.3 Å². The van der Waals surface area contributed by atoms with Crippen molar-refractivity contribution >= 4 is 5.91 Å². The number of hydrogen-bond acceptors (Lipinski definition) is 2. The van der Waals surface area contributed by atoms with E-state index in [9.17, 15) is 4.79 Å². The van der Waals surface area contributed by atoms with Gasteiger partial charge in [0.25, 0.3) is 0 Å². The maximum Gasteiger partial charge on any atom is 0.221 e. The van der Waals surface area contributed by atoms with Crippen molar-refractivity contribution < 1.29 is 4.79 Å². The van der Waals surface area contributed by atoms with Crippen LogP contribution >= 0.6 is 0 Å². The zero-order valence-electron chi connectivity index (χ0n) is 9.20. The van der Waals surface area contributed by atoms with Gasteiger partial charge >= 0.3 is 0 Å². The summed E-state index contributed by atoms with van der Waals surface area (Å²) >= 11 is 0. The van der Waals surface area contributed by atoms with Crippen LogP contribution in [0.2, 0.25) is 0 Å². The first-order chi connectivity index (χ1) is 7.83. The first-order valence-electron chi connectivity index (χ1n) is 5.91. The predicted octanol–water partition coefficient (Wildman–Crippen LogP) is 0.804. The summed E-state index contributed by atoms with van der Waals surface area (Å²) in [7, 11) is 0. The van der Waals surface area contributed by atoms with Gasteiger partial charge in [-0.1, -0.05) is 24.3 Å². The third-order valence-corrected chi connectivity index (χ3v) is 3.59. The third kappa shape index (κ3) is 1.71. The lowest BCUT2D eigenvalue weighted by Crippen LogP contribution is -2.37. The molecule has 3 heteroatoms. The van der Waals surface area contributed by atoms with Gasteiger partial charge in [-0.15, -0.1) is 0 Å². The number of carbonyl (C=O) groups excluding carboxylic acids is 1. The molecule has 1 fully saturated rings. The highest BCUT2D eigenvalue weighted by molar-refractivity contribution is 5.78. The van der Waals surface area contributed by atoms with Crippen LogP contribution < -0.4 is 10.6 Å². The van der Waals surface area contributed by atoms with Gasteiger partial charge in [0.05, 0.1) is 0 Å². The van der Waals surface area contributed by atoms with E-state index in [-0.39, 0.29) is 5.91 Å². The van der Waals surface area contributed by atoms with E-state index in [2.05, 4.69) is 34.9 Å². The van der Waals surface area contributed by atoms with E-state index in [1.807, 2.05) is 0 Å². The number of fused-ring (bicyclic) bond motifs is 1. The van der Waals surface area contributed by atoms with Crippen LogP contribution in [0.4, 0.5) is 0 Å². The second-order valence-corrected chi connectivity index (χ2v) is 4.71. The van der Waals surface area contributed by atoms with Gasteiger partial charge in [0.2, 0.25) is 5.91 Å². The molecule has 1 aliphatic carbocycles. The Bertz CT molecular complexity index is 416. The van der Waals surface area contributed by atoms with Crippen LogP contribution in [0, 0.1) is 0 Å². The molecule has 2 N–H and O–H groups in total. The highest BCUT2D eigenvalue weighted by atomic mass is 16.1. The summed E-state index contributed by atoms with van der Waals surface area (Å²) in [5.74, 6) is 0.818. The molecule has 0 bridgehead atoms. The third-order valence-electron chi connectivity index (χ3n) is 3.59. The average Bonchev–Trinajstić information content (AvgIpc) is 2.66. The molecule has 1 saturated heterocycles. The fourth-order valence-corrected chi connectivity index (χ4v) is 2.60. The van der Waals surface area contributed by atoms with Crippen LogP contribution in [-0.4, -0.2) is 25.0 Å². The topological polar surface area (TPSA) is 41.1 Å². The average molecular weight is 216 g/mol. The number of nitrogens with one attached hydrogen (secondary N) is 2. The lowest BCUT2D eigenvalue weighted by molar-refractivity contribution is -0.119. The monoisotopic (exact) mass is 216 g/mol. The minimum absolute atomic E-state index is 0.173. The van der Waals surface area contributed by atoms with E-state index in [0.29, 0.717) is 18.4 Å². The lowest BCUT2D eigenvalue weighted by Gasteiger charge is -2.31. The zero-order chi connectivity index (χ0) is 11.0. The summed E-state index contributed by atoms with van der Waals surface area (Å²) in [5.41, 5.74) is 2.96. The van der Waals surface area contributed by atoms with E-state index in [1.54, 1.807) is 0 Å². The zero-order valence-corrected chi connectivity index (χ0v) is 9.20. The number of hydrogen-bond donors (Lipinski definition) is 2. The van der Waals surface area contributed by atoms with Gasteiger partial charge in [-0.3, -0.25) is 4.79 Å². The SMILES string of the molecule is O=C1CC(NCC2Cc3ccccc32)CN1. The molecule has 1 aliphatic heterocycles. The number of carbonyl (C=O) groups is 1.